The number of Topliss-reactive ketones (excluding diaryl/α,β-unsaturated/α-hetero) is 1. The van der Waals surface area contributed by atoms with E-state index in [2.05, 4.69) is 27.8 Å². The van der Waals surface area contributed by atoms with Gasteiger partial charge in [-0.05, 0) is 99.4 Å². The number of likely N-dealkylation sites (N-methyl/N-ethyl adjacent to an activating group) is 1. The summed E-state index contributed by atoms with van der Waals surface area (Å²) >= 11 is 0. The first-order valence-electron chi connectivity index (χ1n) is 19.1. The van der Waals surface area contributed by atoms with Gasteiger partial charge in [0.2, 0.25) is 5.91 Å². The van der Waals surface area contributed by atoms with Crippen molar-refractivity contribution in [3.63, 3.8) is 0 Å². The Labute approximate surface area is 309 Å². The minimum absolute atomic E-state index is 0.0159. The zero-order valence-electron chi connectivity index (χ0n) is 32.9. The smallest absolute Gasteiger partial charge is 0.408 e. The number of aliphatic hydroxyl groups excluding tert-OH is 1. The summed E-state index contributed by atoms with van der Waals surface area (Å²) in [5.74, 6) is -3.35. The van der Waals surface area contributed by atoms with Crippen LogP contribution in [-0.4, -0.2) is 153 Å². The van der Waals surface area contributed by atoms with Gasteiger partial charge in [-0.25, -0.2) is 4.79 Å². The van der Waals surface area contributed by atoms with E-state index in [0.29, 0.717) is 32.4 Å². The summed E-state index contributed by atoms with van der Waals surface area (Å²) in [4.78, 5) is 57.3. The SMILES string of the molecule is CC[C@H]1OC(=O)C(C)C(=O)[C@H](C)[C@@H](O[C@@H]2O[C@H](CNC(=O)CN3CCCC3)CC(N(C)C)C2O)[C@](C)(OC)C[C@@H](C)CN[C@H](C)[C@H]2NC(=O)O[C@@]21C. The summed E-state index contributed by atoms with van der Waals surface area (Å²) in [5.41, 5.74) is -2.26. The number of methoxy groups -OCH3 is 1. The predicted octanol–water partition coefficient (Wildman–Crippen LogP) is 1.44. The maximum Gasteiger partial charge on any atom is 0.408 e. The number of likely N-dealkylation sites (tertiary alicyclic amines) is 1. The molecule has 4 heterocycles. The molecule has 4 rings (SSSR count). The van der Waals surface area contributed by atoms with Gasteiger partial charge < -0.3 is 49.6 Å². The third kappa shape index (κ3) is 9.63. The number of alkyl carbamates (subject to hydrolysis) is 1. The molecule has 3 unspecified atom stereocenters. The van der Waals surface area contributed by atoms with Gasteiger partial charge in [0, 0.05) is 31.7 Å². The van der Waals surface area contributed by atoms with Gasteiger partial charge in [-0.2, -0.15) is 0 Å². The number of ether oxygens (including phenoxy) is 5. The van der Waals surface area contributed by atoms with Crippen LogP contribution >= 0.6 is 0 Å². The van der Waals surface area contributed by atoms with Gasteiger partial charge in [-0.1, -0.05) is 20.8 Å². The first kappa shape index (κ1) is 42.3. The number of ketones is 1. The number of cyclic esters (lactones) is 1. The normalized spacial score (nSPS) is 41.4. The van der Waals surface area contributed by atoms with E-state index in [0.717, 1.165) is 25.9 Å². The third-order valence-corrected chi connectivity index (χ3v) is 11.8. The van der Waals surface area contributed by atoms with E-state index < -0.39 is 77.6 Å². The van der Waals surface area contributed by atoms with Crippen molar-refractivity contribution in [2.24, 2.45) is 17.8 Å². The van der Waals surface area contributed by atoms with Gasteiger partial charge in [-0.3, -0.25) is 19.3 Å². The van der Waals surface area contributed by atoms with E-state index in [1.165, 1.54) is 6.92 Å². The molecule has 4 aliphatic heterocycles. The number of hydrogen-bond donors (Lipinski definition) is 4. The van der Waals surface area contributed by atoms with Crippen LogP contribution in [0.2, 0.25) is 0 Å². The maximum absolute atomic E-state index is 14.3. The molecule has 15 heteroatoms. The van der Waals surface area contributed by atoms with Crippen LogP contribution in [0.25, 0.3) is 0 Å². The molecular weight excluding hydrogens is 674 g/mol. The monoisotopic (exact) mass is 739 g/mol. The van der Waals surface area contributed by atoms with Crippen molar-refractivity contribution in [3.05, 3.63) is 0 Å². The highest BCUT2D eigenvalue weighted by atomic mass is 16.7. The molecule has 298 valence electrons. The second-order valence-electron chi connectivity index (χ2n) is 16.2. The van der Waals surface area contributed by atoms with Crippen LogP contribution in [0.1, 0.15) is 80.6 Å². The fourth-order valence-corrected chi connectivity index (χ4v) is 8.58. The Hall–Kier alpha value is -2.40. The molecule has 4 N–H and O–H groups in total. The Balaban J connectivity index is 1.62. The van der Waals surface area contributed by atoms with Crippen molar-refractivity contribution < 1.29 is 48.0 Å². The van der Waals surface area contributed by atoms with Gasteiger partial charge in [0.15, 0.2) is 17.7 Å². The lowest BCUT2D eigenvalue weighted by Gasteiger charge is -2.47. The van der Waals surface area contributed by atoms with Gasteiger partial charge in [0.1, 0.15) is 18.1 Å². The molecule has 52 heavy (non-hydrogen) atoms. The summed E-state index contributed by atoms with van der Waals surface area (Å²) in [6.07, 6.45) is -1.69. The molecular formula is C37H65N5O10. The zero-order valence-corrected chi connectivity index (χ0v) is 32.9. The lowest BCUT2D eigenvalue weighted by Crippen LogP contribution is -2.60. The number of carbonyl (C=O) groups excluding carboxylic acids is 4. The first-order chi connectivity index (χ1) is 24.4. The molecule has 4 fully saturated rings. The van der Waals surface area contributed by atoms with Crippen LogP contribution < -0.4 is 16.0 Å². The van der Waals surface area contributed by atoms with Gasteiger partial charge in [0.25, 0.3) is 0 Å². The van der Waals surface area contributed by atoms with E-state index in [1.807, 2.05) is 39.8 Å². The van der Waals surface area contributed by atoms with Gasteiger partial charge >= 0.3 is 12.1 Å². The van der Waals surface area contributed by atoms with Crippen LogP contribution in [0, 0.1) is 17.8 Å². The van der Waals surface area contributed by atoms with E-state index in [9.17, 15) is 24.3 Å². The topological polar surface area (TPSA) is 177 Å². The van der Waals surface area contributed by atoms with E-state index in [1.54, 1.807) is 21.0 Å². The number of aliphatic hydroxyl groups is 1. The standard InChI is InChI=1S/C37H65N5O10/c1-11-27-37(7)31(40-35(47)52-37)24(5)38-18-21(2)17-36(6,48-10)32(22(3)29(44)23(4)33(46)50-27)51-34-30(45)26(41(8)9)16-25(49-34)19-39-28(43)20-42-14-12-13-15-42/h21-27,30-32,34,38,45H,11-20H2,1-10H3,(H,39,43)(H,40,47)/t21-,22+,23?,24-,25+,26?,27-,30?,31-,32-,34+,36-,37-/m1/s1. The van der Waals surface area contributed by atoms with Gasteiger partial charge in [-0.15, -0.1) is 0 Å². The van der Waals surface area contributed by atoms with Crippen molar-refractivity contribution in [2.75, 3.05) is 53.9 Å². The first-order valence-corrected chi connectivity index (χ1v) is 19.1. The van der Waals surface area contributed by atoms with Crippen LogP contribution in [0.15, 0.2) is 0 Å². The summed E-state index contributed by atoms with van der Waals surface area (Å²) in [5, 5.41) is 21.1. The summed E-state index contributed by atoms with van der Waals surface area (Å²) < 4.78 is 31.1. The van der Waals surface area contributed by atoms with Crippen molar-refractivity contribution in [1.29, 1.82) is 0 Å². The molecule has 15 nitrogen and oxygen atoms in total. The quantitative estimate of drug-likeness (QED) is 0.198. The van der Waals surface area contributed by atoms with Crippen molar-refractivity contribution >= 4 is 23.8 Å². The summed E-state index contributed by atoms with van der Waals surface area (Å²) in [7, 11) is 5.29. The van der Waals surface area contributed by atoms with E-state index >= 15 is 0 Å². The lowest BCUT2D eigenvalue weighted by molar-refractivity contribution is -0.296. The molecule has 0 aromatic rings. The third-order valence-electron chi connectivity index (χ3n) is 11.8. The molecule has 2 amide bonds. The Kier molecular flexibility index (Phi) is 14.5. The largest absolute Gasteiger partial charge is 0.458 e. The molecule has 0 spiro atoms. The molecule has 0 aliphatic carbocycles. The highest BCUT2D eigenvalue weighted by Gasteiger charge is 2.55. The molecule has 13 atom stereocenters. The molecule has 4 aliphatic rings. The fraction of sp³-hybridized carbons (Fsp3) is 0.892. The second kappa shape index (κ2) is 17.8. The second-order valence-corrected chi connectivity index (χ2v) is 16.2. The summed E-state index contributed by atoms with van der Waals surface area (Å²) in [6, 6.07) is -1.15. The Morgan fingerprint density at radius 2 is 1.79 bits per heavy atom. The van der Waals surface area contributed by atoms with Crippen LogP contribution in [0.3, 0.4) is 0 Å². The number of carbonyl (C=O) groups is 4. The van der Waals surface area contributed by atoms with Gasteiger partial charge in [0.05, 0.1) is 30.4 Å². The summed E-state index contributed by atoms with van der Waals surface area (Å²) in [6.45, 7) is 15.6. The maximum atomic E-state index is 14.3. The van der Waals surface area contributed by atoms with Crippen LogP contribution in [0.5, 0.6) is 0 Å². The number of fused-ring (bicyclic) bond motifs is 1. The van der Waals surface area contributed by atoms with Crippen molar-refractivity contribution in [1.82, 2.24) is 25.8 Å². The average molecular weight is 740 g/mol. The molecule has 0 saturated carbocycles. The Bertz CT molecular complexity index is 1250. The minimum Gasteiger partial charge on any atom is -0.458 e. The number of hydrogen-bond acceptors (Lipinski definition) is 13. The van der Waals surface area contributed by atoms with Crippen molar-refractivity contribution in [3.8, 4) is 0 Å². The van der Waals surface area contributed by atoms with Crippen molar-refractivity contribution in [2.45, 2.75) is 141 Å². The minimum atomic E-state index is -1.19. The molecule has 0 aromatic carbocycles. The fourth-order valence-electron chi connectivity index (χ4n) is 8.58. The lowest BCUT2D eigenvalue weighted by atomic mass is 9.78. The van der Waals surface area contributed by atoms with Crippen LogP contribution in [0.4, 0.5) is 4.79 Å². The number of amides is 2. The highest BCUT2D eigenvalue weighted by molar-refractivity contribution is 6.00. The average Bonchev–Trinajstić information content (AvgIpc) is 3.73. The number of esters is 1. The number of rotatable bonds is 9. The Morgan fingerprint density at radius 1 is 1.12 bits per heavy atom. The predicted molar refractivity (Wildman–Crippen MR) is 192 cm³/mol. The Morgan fingerprint density at radius 3 is 2.40 bits per heavy atom. The van der Waals surface area contributed by atoms with Crippen LogP contribution in [-0.2, 0) is 38.1 Å². The zero-order chi connectivity index (χ0) is 38.5. The number of nitrogens with zero attached hydrogens (tertiary/aromatic N) is 2. The molecule has 0 radical (unpaired) electrons. The van der Waals surface area contributed by atoms with E-state index in [4.69, 9.17) is 23.7 Å². The highest BCUT2D eigenvalue weighted by Crippen LogP contribution is 2.37. The molecule has 4 saturated heterocycles. The molecule has 0 bridgehead atoms. The molecule has 0 aromatic heterocycles. The van der Waals surface area contributed by atoms with E-state index in [-0.39, 0.29) is 30.5 Å². The number of nitrogens with one attached hydrogen (secondary N) is 3.